The number of hydrogen-bond acceptors (Lipinski definition) is 5. The smallest absolute Gasteiger partial charge is 0.239 e. The normalized spacial score (nSPS) is 16.2. The van der Waals surface area contributed by atoms with Gasteiger partial charge < -0.3 is 20.5 Å². The number of aromatic nitrogens is 1. The van der Waals surface area contributed by atoms with Crippen molar-refractivity contribution in [3.05, 3.63) is 12.1 Å². The Morgan fingerprint density at radius 1 is 1.53 bits per heavy atom. The molecule has 1 aliphatic rings. The summed E-state index contributed by atoms with van der Waals surface area (Å²) in [5, 5.41) is 9.31. The fraction of sp³-hybridized carbons (Fsp3) is 0.643. The Morgan fingerprint density at radius 2 is 2.26 bits per heavy atom. The number of nitrogens with zero attached hydrogens (tertiary/aromatic N) is 2. The van der Waals surface area contributed by atoms with Crippen molar-refractivity contribution in [2.75, 3.05) is 30.8 Å². The van der Waals surface area contributed by atoms with Crippen LogP contribution in [0.4, 0.5) is 11.5 Å². The zero-order valence-electron chi connectivity index (χ0n) is 11.7. The summed E-state index contributed by atoms with van der Waals surface area (Å²) >= 11 is 0. The summed E-state index contributed by atoms with van der Waals surface area (Å²) in [5.74, 6) is 2.02. The molecule has 5 nitrogen and oxygen atoms in total. The van der Waals surface area contributed by atoms with Gasteiger partial charge in [-0.15, -0.1) is 0 Å². The third-order valence-corrected chi connectivity index (χ3v) is 3.30. The molecule has 19 heavy (non-hydrogen) atoms. The van der Waals surface area contributed by atoms with Crippen LogP contribution in [0.15, 0.2) is 12.1 Å². The second kappa shape index (κ2) is 6.10. The number of nitrogens with two attached hydrogens (primary N) is 1. The van der Waals surface area contributed by atoms with Gasteiger partial charge in [0.25, 0.3) is 0 Å². The lowest BCUT2D eigenvalue weighted by Gasteiger charge is -2.20. The first kappa shape index (κ1) is 13.9. The van der Waals surface area contributed by atoms with Crippen molar-refractivity contribution in [3.63, 3.8) is 0 Å². The third-order valence-electron chi connectivity index (χ3n) is 3.30. The van der Waals surface area contributed by atoms with Gasteiger partial charge in [-0.25, -0.2) is 0 Å². The topological polar surface area (TPSA) is 71.6 Å². The van der Waals surface area contributed by atoms with E-state index in [0.717, 1.165) is 12.4 Å². The number of hydrogen-bond donors (Lipinski definition) is 2. The highest BCUT2D eigenvalue weighted by Gasteiger charge is 2.22. The molecule has 1 heterocycles. The average molecular weight is 265 g/mol. The van der Waals surface area contributed by atoms with Crippen LogP contribution in [0.2, 0.25) is 0 Å². The summed E-state index contributed by atoms with van der Waals surface area (Å²) in [4.78, 5) is 6.44. The molecule has 2 rings (SSSR count). The van der Waals surface area contributed by atoms with E-state index in [1.807, 2.05) is 24.1 Å². The van der Waals surface area contributed by atoms with E-state index in [9.17, 15) is 5.11 Å². The molecular weight excluding hydrogens is 242 g/mol. The van der Waals surface area contributed by atoms with Crippen molar-refractivity contribution in [2.45, 2.75) is 32.3 Å². The molecule has 0 aromatic carbocycles. The molecule has 3 N–H and O–H groups in total. The molecule has 0 bridgehead atoms. The number of aliphatic hydroxyl groups excluding tert-OH is 1. The van der Waals surface area contributed by atoms with E-state index in [0.29, 0.717) is 30.5 Å². The first-order valence-corrected chi connectivity index (χ1v) is 6.84. The van der Waals surface area contributed by atoms with Crippen LogP contribution in [0.1, 0.15) is 26.2 Å². The first-order valence-electron chi connectivity index (χ1n) is 6.84. The molecule has 5 heteroatoms. The molecule has 1 saturated carbocycles. The number of ether oxygens (including phenoxy) is 1. The lowest BCUT2D eigenvalue weighted by Crippen LogP contribution is -2.23. The molecule has 106 valence electrons. The molecule has 1 atom stereocenters. The Balaban J connectivity index is 1.97. The van der Waals surface area contributed by atoms with Crippen molar-refractivity contribution in [1.29, 1.82) is 0 Å². The maximum Gasteiger partial charge on any atom is 0.239 e. The van der Waals surface area contributed by atoms with E-state index in [4.69, 9.17) is 10.5 Å². The molecule has 1 unspecified atom stereocenters. The Kier molecular flexibility index (Phi) is 4.47. The predicted octanol–water partition coefficient (Wildman–Crippen LogP) is 1.66. The van der Waals surface area contributed by atoms with Gasteiger partial charge >= 0.3 is 0 Å². The van der Waals surface area contributed by atoms with E-state index >= 15 is 0 Å². The van der Waals surface area contributed by atoms with Crippen LogP contribution >= 0.6 is 0 Å². The maximum absolute atomic E-state index is 9.31. The molecule has 0 saturated heterocycles. The molecule has 1 fully saturated rings. The predicted molar refractivity (Wildman–Crippen MR) is 76.4 cm³/mol. The highest BCUT2D eigenvalue weighted by molar-refractivity contribution is 5.54. The van der Waals surface area contributed by atoms with Gasteiger partial charge in [0.1, 0.15) is 5.82 Å². The van der Waals surface area contributed by atoms with Crippen molar-refractivity contribution in [1.82, 2.24) is 4.98 Å². The molecule has 1 aromatic rings. The standard InChI is InChI=1S/C14H23N3O2/c1-10(18)7-8-17(2)13-6-5-12(15)14(16-13)19-9-11-3-4-11/h5-6,10-11,18H,3-4,7-9,15H2,1-2H3. The zero-order chi connectivity index (χ0) is 13.8. The molecule has 0 aliphatic heterocycles. The second-order valence-electron chi connectivity index (χ2n) is 5.38. The Hall–Kier alpha value is -1.49. The average Bonchev–Trinajstić information content (AvgIpc) is 3.19. The minimum absolute atomic E-state index is 0.304. The van der Waals surface area contributed by atoms with Crippen LogP contribution in [0.25, 0.3) is 0 Å². The van der Waals surface area contributed by atoms with Gasteiger partial charge in [-0.2, -0.15) is 4.98 Å². The van der Waals surface area contributed by atoms with Gasteiger partial charge in [0, 0.05) is 13.6 Å². The van der Waals surface area contributed by atoms with Crippen LogP contribution in [-0.2, 0) is 0 Å². The highest BCUT2D eigenvalue weighted by atomic mass is 16.5. The summed E-state index contributed by atoms with van der Waals surface area (Å²) in [6.45, 7) is 3.24. The summed E-state index contributed by atoms with van der Waals surface area (Å²) in [6, 6.07) is 3.70. The van der Waals surface area contributed by atoms with Gasteiger partial charge in [-0.1, -0.05) is 0 Å². The summed E-state index contributed by atoms with van der Waals surface area (Å²) < 4.78 is 5.66. The quantitative estimate of drug-likeness (QED) is 0.784. The lowest BCUT2D eigenvalue weighted by molar-refractivity contribution is 0.187. The number of pyridine rings is 1. The SMILES string of the molecule is CC(O)CCN(C)c1ccc(N)c(OCC2CC2)n1. The first-order chi connectivity index (χ1) is 9.06. The fourth-order valence-electron chi connectivity index (χ4n) is 1.75. The van der Waals surface area contributed by atoms with Gasteiger partial charge in [-0.3, -0.25) is 0 Å². The molecular formula is C14H23N3O2. The van der Waals surface area contributed by atoms with Crippen LogP contribution in [0.3, 0.4) is 0 Å². The van der Waals surface area contributed by atoms with Crippen molar-refractivity contribution >= 4 is 11.5 Å². The van der Waals surface area contributed by atoms with Gasteiger partial charge in [0.05, 0.1) is 18.4 Å². The van der Waals surface area contributed by atoms with E-state index in [-0.39, 0.29) is 6.10 Å². The monoisotopic (exact) mass is 265 g/mol. The largest absolute Gasteiger partial charge is 0.476 e. The number of aliphatic hydroxyl groups is 1. The third kappa shape index (κ3) is 4.28. The number of rotatable bonds is 7. The molecule has 1 aliphatic carbocycles. The van der Waals surface area contributed by atoms with Crippen molar-refractivity contribution in [3.8, 4) is 5.88 Å². The maximum atomic E-state index is 9.31. The zero-order valence-corrected chi connectivity index (χ0v) is 11.7. The molecule has 0 radical (unpaired) electrons. The van der Waals surface area contributed by atoms with E-state index in [1.54, 1.807) is 6.92 Å². The van der Waals surface area contributed by atoms with Crippen LogP contribution in [0, 0.1) is 5.92 Å². The minimum atomic E-state index is -0.304. The van der Waals surface area contributed by atoms with E-state index in [1.165, 1.54) is 12.8 Å². The van der Waals surface area contributed by atoms with Crippen LogP contribution < -0.4 is 15.4 Å². The lowest BCUT2D eigenvalue weighted by atomic mass is 10.2. The summed E-state index contributed by atoms with van der Waals surface area (Å²) in [6.07, 6.45) is 2.89. The fourth-order valence-corrected chi connectivity index (χ4v) is 1.75. The van der Waals surface area contributed by atoms with Crippen LogP contribution in [-0.4, -0.2) is 36.4 Å². The van der Waals surface area contributed by atoms with Crippen molar-refractivity contribution < 1.29 is 9.84 Å². The van der Waals surface area contributed by atoms with Crippen molar-refractivity contribution in [2.24, 2.45) is 5.92 Å². The Labute approximate surface area is 114 Å². The Bertz CT molecular complexity index is 419. The Morgan fingerprint density at radius 3 is 2.89 bits per heavy atom. The highest BCUT2D eigenvalue weighted by Crippen LogP contribution is 2.31. The molecule has 0 amide bonds. The number of anilines is 2. The van der Waals surface area contributed by atoms with Gasteiger partial charge in [0.15, 0.2) is 0 Å². The van der Waals surface area contributed by atoms with Gasteiger partial charge in [0.2, 0.25) is 5.88 Å². The minimum Gasteiger partial charge on any atom is -0.476 e. The van der Waals surface area contributed by atoms with E-state index in [2.05, 4.69) is 4.98 Å². The summed E-state index contributed by atoms with van der Waals surface area (Å²) in [5.41, 5.74) is 6.45. The van der Waals surface area contributed by atoms with Gasteiger partial charge in [-0.05, 0) is 44.2 Å². The van der Waals surface area contributed by atoms with Crippen LogP contribution in [0.5, 0.6) is 5.88 Å². The molecule has 0 spiro atoms. The molecule has 1 aromatic heterocycles. The van der Waals surface area contributed by atoms with E-state index < -0.39 is 0 Å². The number of nitrogen functional groups attached to an aromatic ring is 1. The summed E-state index contributed by atoms with van der Waals surface area (Å²) in [7, 11) is 1.95. The second-order valence-corrected chi connectivity index (χ2v) is 5.38.